The van der Waals surface area contributed by atoms with Gasteiger partial charge in [0.2, 0.25) is 0 Å². The normalized spacial score (nSPS) is 12.8. The van der Waals surface area contributed by atoms with Gasteiger partial charge in [-0.15, -0.1) is 0 Å². The van der Waals surface area contributed by atoms with E-state index in [-0.39, 0.29) is 17.9 Å². The second-order valence-corrected chi connectivity index (χ2v) is 6.79. The Bertz CT molecular complexity index is 532. The van der Waals surface area contributed by atoms with Gasteiger partial charge in [0, 0.05) is 19.3 Å². The summed E-state index contributed by atoms with van der Waals surface area (Å²) in [5.41, 5.74) is -0.0459. The number of carbonyl (C=O) groups excluding carboxylic acids is 2. The molecule has 0 fully saturated rings. The third kappa shape index (κ3) is 6.71. The zero-order valence-electron chi connectivity index (χ0n) is 14.8. The molecule has 0 spiro atoms. The Balaban J connectivity index is 2.56. The number of nitrogens with zero attached hydrogens (tertiary/aromatic N) is 2. The molecule has 2 amide bonds. The molecule has 130 valence electrons. The largest absolute Gasteiger partial charge is 0.444 e. The topological polar surface area (TPSA) is 85.2 Å². The molecule has 1 atom stereocenters. The van der Waals surface area contributed by atoms with Crippen LogP contribution in [0.1, 0.15) is 51.9 Å². The fourth-order valence-electron chi connectivity index (χ4n) is 1.87. The summed E-state index contributed by atoms with van der Waals surface area (Å²) in [4.78, 5) is 24.0. The zero-order valence-corrected chi connectivity index (χ0v) is 14.8. The summed E-state index contributed by atoms with van der Waals surface area (Å²) in [5.74, 6) is -0.0532. The lowest BCUT2D eigenvalue weighted by Crippen LogP contribution is -2.48. The van der Waals surface area contributed by atoms with Gasteiger partial charge >= 0.3 is 6.09 Å². The molecule has 1 aromatic rings. The Morgan fingerprint density at radius 1 is 1.35 bits per heavy atom. The van der Waals surface area contributed by atoms with Crippen molar-refractivity contribution in [2.75, 3.05) is 6.54 Å². The molecule has 7 heteroatoms. The predicted molar refractivity (Wildman–Crippen MR) is 88.2 cm³/mol. The Morgan fingerprint density at radius 3 is 2.48 bits per heavy atom. The summed E-state index contributed by atoms with van der Waals surface area (Å²) in [5, 5.41) is 9.70. The van der Waals surface area contributed by atoms with Crippen LogP contribution in [0.25, 0.3) is 0 Å². The highest BCUT2D eigenvalue weighted by molar-refractivity contribution is 5.93. The monoisotopic (exact) mass is 324 g/mol. The third-order valence-electron chi connectivity index (χ3n) is 3.21. The molecule has 23 heavy (non-hydrogen) atoms. The van der Waals surface area contributed by atoms with Crippen molar-refractivity contribution in [1.82, 2.24) is 20.4 Å². The fourth-order valence-corrected chi connectivity index (χ4v) is 1.87. The molecule has 0 aliphatic rings. The van der Waals surface area contributed by atoms with Crippen LogP contribution in [0.15, 0.2) is 12.4 Å². The lowest BCUT2D eigenvalue weighted by Gasteiger charge is -2.26. The van der Waals surface area contributed by atoms with Crippen molar-refractivity contribution in [2.45, 2.75) is 59.7 Å². The molecule has 1 aromatic heterocycles. The molecule has 0 aliphatic heterocycles. The minimum absolute atomic E-state index is 0.154. The predicted octanol–water partition coefficient (Wildman–Crippen LogP) is 2.18. The van der Waals surface area contributed by atoms with Crippen molar-refractivity contribution >= 4 is 12.0 Å². The van der Waals surface area contributed by atoms with Crippen LogP contribution in [0, 0.1) is 5.92 Å². The maximum Gasteiger partial charge on any atom is 0.407 e. The van der Waals surface area contributed by atoms with E-state index in [1.807, 2.05) is 41.5 Å². The smallest absolute Gasteiger partial charge is 0.407 e. The summed E-state index contributed by atoms with van der Waals surface area (Å²) in [6.45, 7) is 12.4. The van der Waals surface area contributed by atoms with Crippen LogP contribution in [-0.2, 0) is 11.3 Å². The van der Waals surface area contributed by atoms with Crippen molar-refractivity contribution in [3.63, 3.8) is 0 Å². The van der Waals surface area contributed by atoms with E-state index in [0.29, 0.717) is 18.7 Å². The molecule has 1 heterocycles. The van der Waals surface area contributed by atoms with Crippen LogP contribution >= 0.6 is 0 Å². The zero-order chi connectivity index (χ0) is 17.6. The molecule has 0 radical (unpaired) electrons. The molecule has 1 rings (SSSR count). The summed E-state index contributed by atoms with van der Waals surface area (Å²) in [7, 11) is 0. The highest BCUT2D eigenvalue weighted by Crippen LogP contribution is 2.08. The second kappa shape index (κ2) is 7.99. The van der Waals surface area contributed by atoms with Crippen LogP contribution < -0.4 is 10.6 Å². The van der Waals surface area contributed by atoms with Crippen LogP contribution in [0.4, 0.5) is 4.79 Å². The number of hydrogen-bond donors (Lipinski definition) is 2. The summed E-state index contributed by atoms with van der Waals surface area (Å²) >= 11 is 0. The number of alkyl carbamates (subject to hydrolysis) is 1. The lowest BCUT2D eigenvalue weighted by molar-refractivity contribution is 0.0487. The van der Waals surface area contributed by atoms with E-state index in [9.17, 15) is 9.59 Å². The number of hydrogen-bond acceptors (Lipinski definition) is 4. The number of aryl methyl sites for hydroxylation is 1. The molecule has 7 nitrogen and oxygen atoms in total. The van der Waals surface area contributed by atoms with Gasteiger partial charge in [-0.05, 0) is 33.6 Å². The van der Waals surface area contributed by atoms with Crippen molar-refractivity contribution in [1.29, 1.82) is 0 Å². The summed E-state index contributed by atoms with van der Waals surface area (Å²) in [6, 6.07) is -0.213. The molecule has 0 saturated heterocycles. The van der Waals surface area contributed by atoms with Gasteiger partial charge in [-0.1, -0.05) is 13.8 Å². The quantitative estimate of drug-likeness (QED) is 0.840. The van der Waals surface area contributed by atoms with E-state index in [0.717, 1.165) is 0 Å². The van der Waals surface area contributed by atoms with Crippen molar-refractivity contribution in [3.8, 4) is 0 Å². The molecular formula is C16H28N4O3. The van der Waals surface area contributed by atoms with E-state index >= 15 is 0 Å². The van der Waals surface area contributed by atoms with Crippen LogP contribution in [-0.4, -0.2) is 40.0 Å². The van der Waals surface area contributed by atoms with Crippen molar-refractivity contribution in [2.24, 2.45) is 5.92 Å². The molecule has 0 bridgehead atoms. The first-order valence-corrected chi connectivity index (χ1v) is 7.92. The first-order valence-electron chi connectivity index (χ1n) is 7.92. The minimum atomic E-state index is -0.552. The Kier molecular flexibility index (Phi) is 6.60. The summed E-state index contributed by atoms with van der Waals surface area (Å²) in [6.07, 6.45) is 2.75. The number of nitrogens with one attached hydrogen (secondary N) is 2. The highest BCUT2D eigenvalue weighted by atomic mass is 16.6. The average Bonchev–Trinajstić information content (AvgIpc) is 2.89. The second-order valence-electron chi connectivity index (χ2n) is 6.79. The number of ether oxygens (including phenoxy) is 1. The maximum absolute atomic E-state index is 12.1. The Labute approximate surface area is 137 Å². The molecule has 0 aliphatic carbocycles. The molecule has 2 N–H and O–H groups in total. The number of amides is 2. The van der Waals surface area contributed by atoms with Gasteiger partial charge in [-0.2, -0.15) is 5.10 Å². The molecule has 0 aromatic carbocycles. The Hall–Kier alpha value is -2.05. The van der Waals surface area contributed by atoms with Gasteiger partial charge in [0.05, 0.1) is 17.8 Å². The van der Waals surface area contributed by atoms with Crippen molar-refractivity contribution in [3.05, 3.63) is 18.0 Å². The maximum atomic E-state index is 12.1. The summed E-state index contributed by atoms with van der Waals surface area (Å²) < 4.78 is 6.94. The van der Waals surface area contributed by atoms with E-state index in [2.05, 4.69) is 15.7 Å². The average molecular weight is 324 g/mol. The van der Waals surface area contributed by atoms with E-state index in [1.54, 1.807) is 10.9 Å². The van der Waals surface area contributed by atoms with Crippen molar-refractivity contribution < 1.29 is 14.3 Å². The molecular weight excluding hydrogens is 296 g/mol. The van der Waals surface area contributed by atoms with Crippen LogP contribution in [0.2, 0.25) is 0 Å². The van der Waals surface area contributed by atoms with Gasteiger partial charge < -0.3 is 15.4 Å². The van der Waals surface area contributed by atoms with E-state index in [4.69, 9.17) is 4.74 Å². The SMILES string of the molecule is CCn1cc(C(=O)NC[C@H](NC(=O)OC(C)(C)C)C(C)C)cn1. The number of carbonyl (C=O) groups is 2. The third-order valence-corrected chi connectivity index (χ3v) is 3.21. The van der Waals surface area contributed by atoms with Gasteiger partial charge in [-0.3, -0.25) is 9.48 Å². The molecule has 0 unspecified atom stereocenters. The van der Waals surface area contributed by atoms with Gasteiger partial charge in [-0.25, -0.2) is 4.79 Å². The lowest BCUT2D eigenvalue weighted by atomic mass is 10.0. The van der Waals surface area contributed by atoms with Crippen LogP contribution in [0.3, 0.4) is 0 Å². The van der Waals surface area contributed by atoms with Gasteiger partial charge in [0.1, 0.15) is 5.60 Å². The van der Waals surface area contributed by atoms with Crippen LogP contribution in [0.5, 0.6) is 0 Å². The Morgan fingerprint density at radius 2 is 2.00 bits per heavy atom. The molecule has 0 saturated carbocycles. The fraction of sp³-hybridized carbons (Fsp3) is 0.688. The minimum Gasteiger partial charge on any atom is -0.444 e. The first kappa shape index (κ1) is 19.0. The first-order chi connectivity index (χ1) is 10.6. The van der Waals surface area contributed by atoms with Gasteiger partial charge in [0.15, 0.2) is 0 Å². The standard InChI is InChI=1S/C16H28N4O3/c1-7-20-10-12(8-18-20)14(21)17-9-13(11(2)3)19-15(22)23-16(4,5)6/h8,10-11,13H,7,9H2,1-6H3,(H,17,21)(H,19,22)/t13-/m0/s1. The highest BCUT2D eigenvalue weighted by Gasteiger charge is 2.22. The number of aromatic nitrogens is 2. The van der Waals surface area contributed by atoms with E-state index < -0.39 is 11.7 Å². The number of rotatable bonds is 6. The van der Waals surface area contributed by atoms with E-state index in [1.165, 1.54) is 6.20 Å². The van der Waals surface area contributed by atoms with Gasteiger partial charge in [0.25, 0.3) is 5.91 Å².